The van der Waals surface area contributed by atoms with Crippen LogP contribution in [0, 0.1) is 6.92 Å². The molecule has 110 valence electrons. The summed E-state index contributed by atoms with van der Waals surface area (Å²) in [6.45, 7) is 5.27. The van der Waals surface area contributed by atoms with Crippen molar-refractivity contribution < 1.29 is 4.79 Å². The zero-order valence-electron chi connectivity index (χ0n) is 12.5. The van der Waals surface area contributed by atoms with E-state index >= 15 is 0 Å². The number of nitrogens with zero attached hydrogens (tertiary/aromatic N) is 1. The first-order valence-electron chi connectivity index (χ1n) is 7.46. The van der Waals surface area contributed by atoms with Gasteiger partial charge in [-0.15, -0.1) is 0 Å². The van der Waals surface area contributed by atoms with Gasteiger partial charge < -0.3 is 16.0 Å². The van der Waals surface area contributed by atoms with Crippen LogP contribution in [0.1, 0.15) is 38.2 Å². The number of likely N-dealkylation sites (N-methyl/N-ethyl adjacent to an activating group) is 1. The second kappa shape index (κ2) is 6.27. The Morgan fingerprint density at radius 3 is 2.65 bits per heavy atom. The molecule has 20 heavy (non-hydrogen) atoms. The summed E-state index contributed by atoms with van der Waals surface area (Å²) in [5.74, 6) is 0. The third-order valence-corrected chi connectivity index (χ3v) is 4.32. The Morgan fingerprint density at radius 2 is 2.10 bits per heavy atom. The molecule has 0 spiro atoms. The molecule has 1 fully saturated rings. The number of nitrogens with two attached hydrogens (primary N) is 1. The summed E-state index contributed by atoms with van der Waals surface area (Å²) < 4.78 is 0. The van der Waals surface area contributed by atoms with Crippen molar-refractivity contribution >= 4 is 11.7 Å². The fraction of sp³-hybridized carbons (Fsp3) is 0.562. The summed E-state index contributed by atoms with van der Waals surface area (Å²) >= 11 is 0. The van der Waals surface area contributed by atoms with Gasteiger partial charge in [0.1, 0.15) is 0 Å². The maximum Gasteiger partial charge on any atom is 0.322 e. The average molecular weight is 275 g/mol. The molecule has 2 rings (SSSR count). The topological polar surface area (TPSA) is 58.4 Å². The molecular weight excluding hydrogens is 250 g/mol. The van der Waals surface area contributed by atoms with Gasteiger partial charge in [-0.25, -0.2) is 4.79 Å². The van der Waals surface area contributed by atoms with E-state index in [9.17, 15) is 4.79 Å². The van der Waals surface area contributed by atoms with Crippen LogP contribution in [0.2, 0.25) is 0 Å². The van der Waals surface area contributed by atoms with E-state index in [1.165, 1.54) is 0 Å². The number of carbonyl (C=O) groups excluding carboxylic acids is 1. The molecule has 0 saturated heterocycles. The number of carbonyl (C=O) groups is 1. The Balaban J connectivity index is 2.13. The Labute approximate surface area is 121 Å². The van der Waals surface area contributed by atoms with Crippen LogP contribution in [-0.2, 0) is 0 Å². The zero-order chi connectivity index (χ0) is 14.6. The monoisotopic (exact) mass is 275 g/mol. The highest BCUT2D eigenvalue weighted by Crippen LogP contribution is 2.34. The normalized spacial score (nSPS) is 16.9. The first-order valence-corrected chi connectivity index (χ1v) is 7.46. The molecule has 3 N–H and O–H groups in total. The Morgan fingerprint density at radius 1 is 1.40 bits per heavy atom. The first kappa shape index (κ1) is 14.9. The molecule has 4 nitrogen and oxygen atoms in total. The Bertz CT molecular complexity index is 467. The number of hydrogen-bond donors (Lipinski definition) is 2. The van der Waals surface area contributed by atoms with Crippen molar-refractivity contribution in [3.05, 3.63) is 29.8 Å². The molecule has 0 aliphatic heterocycles. The number of nitrogens with one attached hydrogen (secondary N) is 1. The minimum Gasteiger partial charge on any atom is -0.328 e. The van der Waals surface area contributed by atoms with E-state index in [0.717, 1.165) is 36.9 Å². The molecule has 1 aromatic carbocycles. The molecular formula is C16H25N3O. The molecule has 0 heterocycles. The summed E-state index contributed by atoms with van der Waals surface area (Å²) in [5.41, 5.74) is 7.81. The first-order chi connectivity index (χ1) is 9.61. The van der Waals surface area contributed by atoms with E-state index in [1.807, 2.05) is 43.0 Å². The third kappa shape index (κ3) is 2.96. The molecule has 0 radical (unpaired) electrons. The van der Waals surface area contributed by atoms with Crippen LogP contribution in [-0.4, -0.2) is 29.6 Å². The highest BCUT2D eigenvalue weighted by atomic mass is 16.2. The minimum absolute atomic E-state index is 0.0366. The number of amides is 2. The average Bonchev–Trinajstić information content (AvgIpc) is 2.89. The third-order valence-electron chi connectivity index (χ3n) is 4.32. The second-order valence-electron chi connectivity index (χ2n) is 5.68. The number of rotatable bonds is 4. The van der Waals surface area contributed by atoms with Gasteiger partial charge >= 0.3 is 6.03 Å². The maximum atomic E-state index is 12.6. The second-order valence-corrected chi connectivity index (χ2v) is 5.68. The van der Waals surface area contributed by atoms with Gasteiger partial charge in [-0.05, 0) is 44.4 Å². The van der Waals surface area contributed by atoms with E-state index in [0.29, 0.717) is 13.1 Å². The summed E-state index contributed by atoms with van der Waals surface area (Å²) in [6, 6.07) is 7.84. The lowest BCUT2D eigenvalue weighted by Crippen LogP contribution is -2.55. The highest BCUT2D eigenvalue weighted by Gasteiger charge is 2.40. The summed E-state index contributed by atoms with van der Waals surface area (Å²) in [6.07, 6.45) is 4.34. The summed E-state index contributed by atoms with van der Waals surface area (Å²) in [5, 5.41) is 3.00. The van der Waals surface area contributed by atoms with Gasteiger partial charge in [0.15, 0.2) is 0 Å². The van der Waals surface area contributed by atoms with Gasteiger partial charge in [0.2, 0.25) is 0 Å². The highest BCUT2D eigenvalue weighted by molar-refractivity contribution is 5.90. The molecule has 1 aromatic rings. The van der Waals surface area contributed by atoms with Crippen molar-refractivity contribution in [3.63, 3.8) is 0 Å². The van der Waals surface area contributed by atoms with Gasteiger partial charge in [-0.2, -0.15) is 0 Å². The molecule has 1 aliphatic carbocycles. The van der Waals surface area contributed by atoms with E-state index < -0.39 is 0 Å². The lowest BCUT2D eigenvalue weighted by molar-refractivity contribution is 0.134. The van der Waals surface area contributed by atoms with E-state index in [2.05, 4.69) is 5.32 Å². The lowest BCUT2D eigenvalue weighted by Gasteiger charge is -2.40. The Hall–Kier alpha value is -1.55. The predicted octanol–water partition coefficient (Wildman–Crippen LogP) is 3.12. The van der Waals surface area contributed by atoms with Crippen LogP contribution in [0.25, 0.3) is 0 Å². The fourth-order valence-corrected chi connectivity index (χ4v) is 3.23. The molecule has 1 aliphatic rings. The smallest absolute Gasteiger partial charge is 0.322 e. The van der Waals surface area contributed by atoms with Crippen molar-refractivity contribution in [2.75, 3.05) is 18.4 Å². The van der Waals surface area contributed by atoms with Crippen LogP contribution in [0.4, 0.5) is 10.5 Å². The van der Waals surface area contributed by atoms with Crippen molar-refractivity contribution in [3.8, 4) is 0 Å². The van der Waals surface area contributed by atoms with Gasteiger partial charge in [0, 0.05) is 18.8 Å². The molecule has 0 unspecified atom stereocenters. The van der Waals surface area contributed by atoms with Gasteiger partial charge in [0.25, 0.3) is 0 Å². The molecule has 0 aromatic heterocycles. The predicted molar refractivity (Wildman–Crippen MR) is 82.8 cm³/mol. The molecule has 1 saturated carbocycles. The van der Waals surface area contributed by atoms with E-state index in [-0.39, 0.29) is 11.6 Å². The van der Waals surface area contributed by atoms with E-state index in [1.54, 1.807) is 0 Å². The van der Waals surface area contributed by atoms with Gasteiger partial charge in [-0.3, -0.25) is 0 Å². The summed E-state index contributed by atoms with van der Waals surface area (Å²) in [4.78, 5) is 14.5. The maximum absolute atomic E-state index is 12.6. The van der Waals surface area contributed by atoms with Crippen LogP contribution in [0.3, 0.4) is 0 Å². The Kier molecular flexibility index (Phi) is 4.65. The number of urea groups is 1. The zero-order valence-corrected chi connectivity index (χ0v) is 12.5. The van der Waals surface area contributed by atoms with Crippen LogP contribution in [0.15, 0.2) is 24.3 Å². The van der Waals surface area contributed by atoms with Crippen molar-refractivity contribution in [1.82, 2.24) is 4.90 Å². The van der Waals surface area contributed by atoms with Crippen LogP contribution < -0.4 is 11.1 Å². The number of benzene rings is 1. The molecule has 2 amide bonds. The van der Waals surface area contributed by atoms with Crippen molar-refractivity contribution in [2.24, 2.45) is 5.73 Å². The number of aryl methyl sites for hydroxylation is 1. The molecule has 0 atom stereocenters. The molecule has 4 heteroatoms. The fourth-order valence-electron chi connectivity index (χ4n) is 3.23. The lowest BCUT2D eigenvalue weighted by atomic mass is 9.95. The van der Waals surface area contributed by atoms with Crippen molar-refractivity contribution in [1.29, 1.82) is 0 Å². The standard InChI is InChI=1S/C16H25N3O/c1-3-19(16(12-17)9-4-5-10-16)15(20)18-14-8-6-7-13(2)11-14/h6-8,11H,3-5,9-10,12,17H2,1-2H3,(H,18,20). The summed E-state index contributed by atoms with van der Waals surface area (Å²) in [7, 11) is 0. The molecule has 0 bridgehead atoms. The quantitative estimate of drug-likeness (QED) is 0.887. The van der Waals surface area contributed by atoms with Gasteiger partial charge in [0.05, 0.1) is 5.54 Å². The van der Waals surface area contributed by atoms with Crippen molar-refractivity contribution in [2.45, 2.75) is 45.1 Å². The van der Waals surface area contributed by atoms with E-state index in [4.69, 9.17) is 5.73 Å². The van der Waals surface area contributed by atoms with Gasteiger partial charge in [-0.1, -0.05) is 25.0 Å². The number of hydrogen-bond acceptors (Lipinski definition) is 2. The van der Waals surface area contributed by atoms with Crippen LogP contribution >= 0.6 is 0 Å². The number of anilines is 1. The van der Waals surface area contributed by atoms with Crippen LogP contribution in [0.5, 0.6) is 0 Å². The minimum atomic E-state index is -0.150. The SMILES string of the molecule is CCN(C(=O)Nc1cccc(C)c1)C1(CN)CCCC1. The largest absolute Gasteiger partial charge is 0.328 e.